The Morgan fingerprint density at radius 3 is 2.45 bits per heavy atom. The molecule has 0 aliphatic carbocycles. The van der Waals surface area contributed by atoms with Crippen LogP contribution in [0.3, 0.4) is 0 Å². The molecule has 0 unspecified atom stereocenters. The zero-order chi connectivity index (χ0) is 22.0. The summed E-state index contributed by atoms with van der Waals surface area (Å²) in [7, 11) is 0. The van der Waals surface area contributed by atoms with E-state index in [2.05, 4.69) is 5.32 Å². The number of carbonyl (C=O) groups is 2. The van der Waals surface area contributed by atoms with Crippen LogP contribution < -0.4 is 15.0 Å². The Kier molecular flexibility index (Phi) is 5.96. The van der Waals surface area contributed by atoms with Gasteiger partial charge in [-0.1, -0.05) is 23.7 Å². The van der Waals surface area contributed by atoms with E-state index in [0.717, 1.165) is 17.0 Å². The van der Waals surface area contributed by atoms with Crippen molar-refractivity contribution in [1.29, 1.82) is 0 Å². The Bertz CT molecular complexity index is 1110. The monoisotopic (exact) mass is 434 g/mol. The van der Waals surface area contributed by atoms with Gasteiger partial charge in [0.15, 0.2) is 0 Å². The Labute approximate surface area is 186 Å². The first kappa shape index (κ1) is 20.9. The topological polar surface area (TPSA) is 58.6 Å². The molecular formula is C25H23ClN2O3. The van der Waals surface area contributed by atoms with Crippen LogP contribution in [0.15, 0.2) is 66.7 Å². The second kappa shape index (κ2) is 8.82. The van der Waals surface area contributed by atoms with Crippen molar-refractivity contribution in [2.45, 2.75) is 20.3 Å². The third-order valence-electron chi connectivity index (χ3n) is 5.54. The summed E-state index contributed by atoms with van der Waals surface area (Å²) in [6, 6.07) is 20.2. The molecule has 1 atom stereocenters. The molecular weight excluding hydrogens is 412 g/mol. The van der Waals surface area contributed by atoms with Crippen LogP contribution in [0.5, 0.6) is 11.5 Å². The molecule has 4 rings (SSSR count). The van der Waals surface area contributed by atoms with Crippen LogP contribution in [0.25, 0.3) is 0 Å². The molecule has 0 bridgehead atoms. The molecule has 1 fully saturated rings. The van der Waals surface area contributed by atoms with Gasteiger partial charge in [0.25, 0.3) is 0 Å². The van der Waals surface area contributed by atoms with Gasteiger partial charge in [0.05, 0.1) is 5.92 Å². The van der Waals surface area contributed by atoms with Gasteiger partial charge in [-0.2, -0.15) is 0 Å². The number of aryl methyl sites for hydroxylation is 1. The molecule has 1 saturated heterocycles. The first-order valence-electron chi connectivity index (χ1n) is 10.1. The quantitative estimate of drug-likeness (QED) is 0.557. The summed E-state index contributed by atoms with van der Waals surface area (Å²) in [5.41, 5.74) is 3.67. The molecule has 1 aliphatic rings. The Morgan fingerprint density at radius 1 is 1.03 bits per heavy atom. The smallest absolute Gasteiger partial charge is 0.229 e. The summed E-state index contributed by atoms with van der Waals surface area (Å²) in [6.07, 6.45) is 0.183. The number of anilines is 2. The largest absolute Gasteiger partial charge is 0.457 e. The van der Waals surface area contributed by atoms with Crippen LogP contribution in [-0.4, -0.2) is 18.4 Å². The summed E-state index contributed by atoms with van der Waals surface area (Å²) < 4.78 is 5.96. The number of ether oxygens (including phenoxy) is 1. The molecule has 1 N–H and O–H groups in total. The minimum Gasteiger partial charge on any atom is -0.457 e. The Hall–Kier alpha value is -3.31. The van der Waals surface area contributed by atoms with Crippen molar-refractivity contribution in [3.05, 3.63) is 82.9 Å². The molecule has 0 radical (unpaired) electrons. The van der Waals surface area contributed by atoms with E-state index in [4.69, 9.17) is 16.3 Å². The van der Waals surface area contributed by atoms with Gasteiger partial charge >= 0.3 is 0 Å². The van der Waals surface area contributed by atoms with Gasteiger partial charge in [0.1, 0.15) is 11.5 Å². The lowest BCUT2D eigenvalue weighted by Crippen LogP contribution is -2.28. The molecule has 3 aromatic carbocycles. The molecule has 1 heterocycles. The molecule has 31 heavy (non-hydrogen) atoms. The number of rotatable bonds is 5. The van der Waals surface area contributed by atoms with Crippen LogP contribution in [0.4, 0.5) is 11.4 Å². The van der Waals surface area contributed by atoms with Gasteiger partial charge in [0.2, 0.25) is 11.8 Å². The number of benzene rings is 3. The van der Waals surface area contributed by atoms with E-state index in [9.17, 15) is 9.59 Å². The molecule has 6 heteroatoms. The second-order valence-electron chi connectivity index (χ2n) is 7.70. The predicted octanol–water partition coefficient (Wildman–Crippen LogP) is 5.74. The third kappa shape index (κ3) is 4.72. The average Bonchev–Trinajstić information content (AvgIpc) is 3.15. The first-order chi connectivity index (χ1) is 14.9. The van der Waals surface area contributed by atoms with Crippen molar-refractivity contribution >= 4 is 34.8 Å². The molecule has 2 amide bonds. The van der Waals surface area contributed by atoms with Crippen molar-refractivity contribution in [1.82, 2.24) is 0 Å². The second-order valence-corrected chi connectivity index (χ2v) is 8.13. The van der Waals surface area contributed by atoms with Gasteiger partial charge in [-0.05, 0) is 79.6 Å². The minimum atomic E-state index is -0.408. The summed E-state index contributed by atoms with van der Waals surface area (Å²) in [4.78, 5) is 26.7. The average molecular weight is 435 g/mol. The normalized spacial score (nSPS) is 15.8. The standard InChI is InChI=1S/C25H23ClN2O3/c1-16-4-3-5-23(17(16)2)31-22-12-8-20(9-13-22)27-25(30)18-14-24(29)28(15-18)21-10-6-19(26)7-11-21/h3-13,18H,14-15H2,1-2H3,(H,27,30)/t18-/m1/s1. The molecule has 1 aliphatic heterocycles. The van der Waals surface area contributed by atoms with E-state index in [1.54, 1.807) is 41.3 Å². The van der Waals surface area contributed by atoms with Crippen molar-refractivity contribution in [3.63, 3.8) is 0 Å². The fourth-order valence-corrected chi connectivity index (χ4v) is 3.69. The summed E-state index contributed by atoms with van der Waals surface area (Å²) in [5.74, 6) is 0.849. The fraction of sp³-hybridized carbons (Fsp3) is 0.200. The maximum atomic E-state index is 12.7. The van der Waals surface area contributed by atoms with Gasteiger partial charge < -0.3 is 15.0 Å². The summed E-state index contributed by atoms with van der Waals surface area (Å²) >= 11 is 5.92. The van der Waals surface area contributed by atoms with E-state index in [0.29, 0.717) is 23.0 Å². The van der Waals surface area contributed by atoms with E-state index in [-0.39, 0.29) is 18.2 Å². The van der Waals surface area contributed by atoms with Crippen LogP contribution in [0.1, 0.15) is 17.5 Å². The zero-order valence-corrected chi connectivity index (χ0v) is 18.1. The SMILES string of the molecule is Cc1cccc(Oc2ccc(NC(=O)[C@@H]3CC(=O)N(c4ccc(Cl)cc4)C3)cc2)c1C. The van der Waals surface area contributed by atoms with Gasteiger partial charge in [0, 0.05) is 29.4 Å². The van der Waals surface area contributed by atoms with Crippen molar-refractivity contribution in [3.8, 4) is 11.5 Å². The highest BCUT2D eigenvalue weighted by molar-refractivity contribution is 6.30. The summed E-state index contributed by atoms with van der Waals surface area (Å²) in [5, 5.41) is 3.51. The summed E-state index contributed by atoms with van der Waals surface area (Å²) in [6.45, 7) is 4.41. The number of amides is 2. The third-order valence-corrected chi connectivity index (χ3v) is 5.79. The van der Waals surface area contributed by atoms with Gasteiger partial charge in [-0.25, -0.2) is 0 Å². The highest BCUT2D eigenvalue weighted by Crippen LogP contribution is 2.29. The minimum absolute atomic E-state index is 0.0697. The predicted molar refractivity (Wildman–Crippen MR) is 123 cm³/mol. The lowest BCUT2D eigenvalue weighted by molar-refractivity contribution is -0.122. The lowest BCUT2D eigenvalue weighted by Gasteiger charge is -2.17. The fourth-order valence-electron chi connectivity index (χ4n) is 3.57. The molecule has 158 valence electrons. The van der Waals surface area contributed by atoms with E-state index < -0.39 is 5.92 Å². The highest BCUT2D eigenvalue weighted by atomic mass is 35.5. The molecule has 0 aromatic heterocycles. The number of nitrogens with one attached hydrogen (secondary N) is 1. The van der Waals surface area contributed by atoms with Gasteiger partial charge in [-0.3, -0.25) is 9.59 Å². The molecule has 5 nitrogen and oxygen atoms in total. The van der Waals surface area contributed by atoms with E-state index in [1.165, 1.54) is 5.56 Å². The van der Waals surface area contributed by atoms with Crippen molar-refractivity contribution in [2.75, 3.05) is 16.8 Å². The number of carbonyl (C=O) groups excluding carboxylic acids is 2. The number of hydrogen-bond donors (Lipinski definition) is 1. The molecule has 0 spiro atoms. The van der Waals surface area contributed by atoms with Crippen molar-refractivity contribution < 1.29 is 14.3 Å². The number of nitrogens with zero attached hydrogens (tertiary/aromatic N) is 1. The highest BCUT2D eigenvalue weighted by Gasteiger charge is 2.35. The lowest BCUT2D eigenvalue weighted by atomic mass is 10.1. The number of halogens is 1. The van der Waals surface area contributed by atoms with Crippen LogP contribution in [-0.2, 0) is 9.59 Å². The van der Waals surface area contributed by atoms with Crippen LogP contribution in [0, 0.1) is 19.8 Å². The Balaban J connectivity index is 1.38. The van der Waals surface area contributed by atoms with Gasteiger partial charge in [-0.15, -0.1) is 0 Å². The Morgan fingerprint density at radius 2 is 1.74 bits per heavy atom. The van der Waals surface area contributed by atoms with Crippen LogP contribution >= 0.6 is 11.6 Å². The van der Waals surface area contributed by atoms with E-state index in [1.807, 2.05) is 44.2 Å². The van der Waals surface area contributed by atoms with Crippen molar-refractivity contribution in [2.24, 2.45) is 5.92 Å². The van der Waals surface area contributed by atoms with Crippen LogP contribution in [0.2, 0.25) is 5.02 Å². The number of hydrogen-bond acceptors (Lipinski definition) is 3. The molecule has 0 saturated carbocycles. The molecule has 3 aromatic rings. The first-order valence-corrected chi connectivity index (χ1v) is 10.5. The maximum absolute atomic E-state index is 12.7. The maximum Gasteiger partial charge on any atom is 0.229 e. The van der Waals surface area contributed by atoms with E-state index >= 15 is 0 Å². The zero-order valence-electron chi connectivity index (χ0n) is 17.4.